The van der Waals surface area contributed by atoms with E-state index in [9.17, 15) is 12.8 Å². The molecule has 4 nitrogen and oxygen atoms in total. The van der Waals surface area contributed by atoms with Gasteiger partial charge in [0, 0.05) is 5.41 Å². The average molecular weight is 262 g/mol. The molecule has 0 saturated heterocycles. The normalized spacial score (nSPS) is 55.3. The second-order valence-corrected chi connectivity index (χ2v) is 7.68. The van der Waals surface area contributed by atoms with Crippen molar-refractivity contribution < 1.29 is 22.1 Å². The Morgan fingerprint density at radius 3 is 2.29 bits per heavy atom. The van der Waals surface area contributed by atoms with Crippen LogP contribution in [0.5, 0.6) is 0 Å². The molecule has 0 aliphatic heterocycles. The number of halogens is 1. The van der Waals surface area contributed by atoms with Gasteiger partial charge in [0.15, 0.2) is 0 Å². The molecule has 4 saturated carbocycles. The summed E-state index contributed by atoms with van der Waals surface area (Å²) in [6.45, 7) is -0.521. The highest BCUT2D eigenvalue weighted by molar-refractivity contribution is 7.86. The molecule has 0 radical (unpaired) electrons. The lowest BCUT2D eigenvalue weighted by Gasteiger charge is -2.90. The van der Waals surface area contributed by atoms with Gasteiger partial charge >= 0.3 is 0 Å². The largest absolute Gasteiger partial charge is 0.370 e. The second kappa shape index (κ2) is 2.70. The fourth-order valence-corrected chi connectivity index (χ4v) is 5.63. The molecule has 0 aromatic rings. The van der Waals surface area contributed by atoms with Crippen molar-refractivity contribution in [2.75, 3.05) is 6.61 Å². The summed E-state index contributed by atoms with van der Waals surface area (Å²) >= 11 is 0. The first-order chi connectivity index (χ1) is 7.90. The molecule has 0 bridgehead atoms. The maximum absolute atomic E-state index is 13.1. The zero-order valence-corrected chi connectivity index (χ0v) is 10.1. The van der Waals surface area contributed by atoms with E-state index in [-0.39, 0.29) is 5.60 Å². The van der Waals surface area contributed by atoms with E-state index >= 15 is 0 Å². The number of hydrogen-bond donors (Lipinski definition) is 1. The van der Waals surface area contributed by atoms with Crippen LogP contribution in [-0.4, -0.2) is 30.7 Å². The van der Waals surface area contributed by atoms with Gasteiger partial charge in [0.2, 0.25) is 5.50 Å². The molecule has 0 amide bonds. The van der Waals surface area contributed by atoms with E-state index in [2.05, 4.69) is 0 Å². The van der Waals surface area contributed by atoms with E-state index in [1.54, 1.807) is 0 Å². The van der Waals surface area contributed by atoms with Gasteiger partial charge in [-0.1, -0.05) is 0 Å². The van der Waals surface area contributed by atoms with Gasteiger partial charge in [0.1, 0.15) is 0 Å². The third kappa shape index (κ3) is 0.933. The van der Waals surface area contributed by atoms with Crippen LogP contribution in [0, 0.1) is 23.2 Å². The molecule has 3 atom stereocenters. The smallest absolute Gasteiger partial charge is 0.299 e. The predicted molar refractivity (Wildman–Crippen MR) is 56.5 cm³/mol. The predicted octanol–water partition coefficient (Wildman–Crippen LogP) is 1.38. The first kappa shape index (κ1) is 10.7. The van der Waals surface area contributed by atoms with Crippen molar-refractivity contribution in [3.05, 3.63) is 0 Å². The van der Waals surface area contributed by atoms with Crippen LogP contribution < -0.4 is 0 Å². The van der Waals surface area contributed by atoms with Gasteiger partial charge in [0.25, 0.3) is 10.1 Å². The molecule has 4 fully saturated rings. The molecule has 0 aromatic carbocycles. The lowest BCUT2D eigenvalue weighted by Crippen LogP contribution is -2.89. The molecule has 96 valence electrons. The Bertz CT molecular complexity index is 462. The molecule has 4 aliphatic rings. The molecule has 3 unspecified atom stereocenters. The molecule has 0 heterocycles. The first-order valence-electron chi connectivity index (χ1n) is 6.14. The summed E-state index contributed by atoms with van der Waals surface area (Å²) in [5.41, 5.74) is -2.24. The minimum Gasteiger partial charge on any atom is -0.370 e. The molecule has 1 spiro atoms. The lowest BCUT2D eigenvalue weighted by atomic mass is 9.16. The van der Waals surface area contributed by atoms with Gasteiger partial charge in [-0.3, -0.25) is 4.55 Å². The van der Waals surface area contributed by atoms with Crippen LogP contribution in [0.2, 0.25) is 0 Å². The standard InChI is InChI=1S/C11H15FO4S/c12-9(17(13,14)15)5-16-10-3-7-1-6-2-8(4-10)11(6,7)10/h6-9H,1-5H2,(H,13,14,15). The lowest BCUT2D eigenvalue weighted by molar-refractivity contribution is -0.460. The highest BCUT2D eigenvalue weighted by Gasteiger charge is 2.88. The minimum atomic E-state index is -4.61. The number of rotatable bonds is 4. The van der Waals surface area contributed by atoms with Gasteiger partial charge in [-0.15, -0.1) is 0 Å². The quantitative estimate of drug-likeness (QED) is 0.777. The van der Waals surface area contributed by atoms with Crippen LogP contribution in [0.4, 0.5) is 4.39 Å². The topological polar surface area (TPSA) is 63.6 Å². The fraction of sp³-hybridized carbons (Fsp3) is 1.00. The monoisotopic (exact) mass is 262 g/mol. The van der Waals surface area contributed by atoms with Crippen molar-refractivity contribution in [1.29, 1.82) is 0 Å². The van der Waals surface area contributed by atoms with Gasteiger partial charge in [-0.05, 0) is 43.4 Å². The van der Waals surface area contributed by atoms with Gasteiger partial charge in [0.05, 0.1) is 12.2 Å². The van der Waals surface area contributed by atoms with Crippen LogP contribution >= 0.6 is 0 Å². The number of ether oxygens (including phenoxy) is 1. The summed E-state index contributed by atoms with van der Waals surface area (Å²) in [5, 5.41) is 0. The Kier molecular flexibility index (Phi) is 1.70. The minimum absolute atomic E-state index is 0.238. The van der Waals surface area contributed by atoms with Crippen LogP contribution in [0.25, 0.3) is 0 Å². The summed E-state index contributed by atoms with van der Waals surface area (Å²) in [6, 6.07) is 0. The van der Waals surface area contributed by atoms with Gasteiger partial charge < -0.3 is 4.74 Å². The van der Waals surface area contributed by atoms with E-state index in [0.29, 0.717) is 5.41 Å². The summed E-state index contributed by atoms with van der Waals surface area (Å²) in [7, 11) is -4.61. The van der Waals surface area contributed by atoms with Gasteiger partial charge in [-0.25, -0.2) is 4.39 Å². The maximum atomic E-state index is 13.1. The van der Waals surface area contributed by atoms with Crippen LogP contribution in [-0.2, 0) is 14.9 Å². The zero-order chi connectivity index (χ0) is 12.1. The molecule has 17 heavy (non-hydrogen) atoms. The zero-order valence-electron chi connectivity index (χ0n) is 9.30. The van der Waals surface area contributed by atoms with Crippen molar-refractivity contribution in [2.24, 2.45) is 23.2 Å². The highest BCUT2D eigenvalue weighted by atomic mass is 32.2. The summed E-state index contributed by atoms with van der Waals surface area (Å²) in [4.78, 5) is 0. The molecular weight excluding hydrogens is 247 g/mol. The van der Waals surface area contributed by atoms with Crippen molar-refractivity contribution in [3.63, 3.8) is 0 Å². The van der Waals surface area contributed by atoms with E-state index in [0.717, 1.165) is 30.6 Å². The maximum Gasteiger partial charge on any atom is 0.299 e. The van der Waals surface area contributed by atoms with Crippen LogP contribution in [0.1, 0.15) is 25.7 Å². The molecule has 4 aliphatic carbocycles. The number of alkyl halides is 1. The van der Waals surface area contributed by atoms with Crippen molar-refractivity contribution in [3.8, 4) is 0 Å². The van der Waals surface area contributed by atoms with E-state index in [1.165, 1.54) is 12.8 Å². The van der Waals surface area contributed by atoms with E-state index in [4.69, 9.17) is 9.29 Å². The Morgan fingerprint density at radius 1 is 1.29 bits per heavy atom. The SMILES string of the molecule is O=S(=O)(O)C(F)COC12CC3CC4CC(C1)C432. The molecule has 1 N–H and O–H groups in total. The second-order valence-electron chi connectivity index (χ2n) is 6.13. The van der Waals surface area contributed by atoms with Crippen molar-refractivity contribution in [1.82, 2.24) is 0 Å². The third-order valence-electron chi connectivity index (χ3n) is 5.92. The summed E-state index contributed by atoms with van der Waals surface area (Å²) < 4.78 is 48.4. The third-order valence-corrected chi connectivity index (χ3v) is 6.70. The molecule has 4 rings (SSSR count). The Hall–Kier alpha value is -0.200. The molecule has 0 aromatic heterocycles. The average Bonchev–Trinajstić information content (AvgIpc) is 2.10. The van der Waals surface area contributed by atoms with Crippen LogP contribution in [0.15, 0.2) is 0 Å². The first-order valence-corrected chi connectivity index (χ1v) is 7.65. The highest BCUT2D eigenvalue weighted by Crippen LogP contribution is 2.90. The summed E-state index contributed by atoms with van der Waals surface area (Å²) in [5.74, 6) is 2.22. The Balaban J connectivity index is 1.45. The van der Waals surface area contributed by atoms with E-state index < -0.39 is 22.2 Å². The fourth-order valence-electron chi connectivity index (χ4n) is 5.39. The number of hydrogen-bond acceptors (Lipinski definition) is 3. The van der Waals surface area contributed by atoms with E-state index in [1.807, 2.05) is 0 Å². The van der Waals surface area contributed by atoms with Gasteiger partial charge in [-0.2, -0.15) is 8.42 Å². The van der Waals surface area contributed by atoms with Crippen molar-refractivity contribution >= 4 is 10.1 Å². The Morgan fingerprint density at radius 2 is 1.88 bits per heavy atom. The van der Waals surface area contributed by atoms with Crippen LogP contribution in [0.3, 0.4) is 0 Å². The molecular formula is C11H15FO4S. The summed E-state index contributed by atoms with van der Waals surface area (Å²) in [6.07, 6.45) is 4.47. The van der Waals surface area contributed by atoms with Crippen molar-refractivity contribution in [2.45, 2.75) is 36.8 Å². The Labute approximate surface area is 99.3 Å². The molecule has 6 heteroatoms.